The van der Waals surface area contributed by atoms with Crippen LogP contribution in [0.25, 0.3) is 0 Å². The number of carbonyl (C=O) groups excluding carboxylic acids is 1. The van der Waals surface area contributed by atoms with Gasteiger partial charge < -0.3 is 5.73 Å². The molecule has 2 heteroatoms. The van der Waals surface area contributed by atoms with Crippen molar-refractivity contribution in [2.75, 3.05) is 0 Å². The van der Waals surface area contributed by atoms with Crippen molar-refractivity contribution < 1.29 is 4.79 Å². The molecule has 0 aromatic heterocycles. The average Bonchev–Trinajstić information content (AvgIpc) is 2.00. The molecule has 0 heterocycles. The average molecular weight is 163 g/mol. The highest BCUT2D eigenvalue weighted by molar-refractivity contribution is 5.93. The predicted octanol–water partition coefficient (Wildman–Crippen LogP) is 1.32. The molecule has 0 radical (unpaired) electrons. The molecule has 0 spiro atoms. The third kappa shape index (κ3) is 1.12. The molecule has 0 aromatic rings. The first-order valence-electron chi connectivity index (χ1n) is 4.41. The fourth-order valence-corrected chi connectivity index (χ4v) is 1.74. The zero-order valence-electron chi connectivity index (χ0n) is 7.05. The van der Waals surface area contributed by atoms with Gasteiger partial charge in [0.1, 0.15) is 0 Å². The highest BCUT2D eigenvalue weighted by Crippen LogP contribution is 2.37. The maximum atomic E-state index is 11.1. The van der Waals surface area contributed by atoms with Crippen LogP contribution in [0.5, 0.6) is 0 Å². The van der Waals surface area contributed by atoms with Crippen molar-refractivity contribution in [2.24, 2.45) is 5.73 Å². The van der Waals surface area contributed by atoms with Crippen LogP contribution in [0.4, 0.5) is 0 Å². The predicted molar refractivity (Wildman–Crippen MR) is 47.6 cm³/mol. The molecule has 2 N–H and O–H groups in total. The van der Waals surface area contributed by atoms with Crippen molar-refractivity contribution >= 4 is 5.78 Å². The van der Waals surface area contributed by atoms with Crippen LogP contribution in [-0.4, -0.2) is 11.3 Å². The minimum absolute atomic E-state index is 0.174. The van der Waals surface area contributed by atoms with E-state index in [-0.39, 0.29) is 11.3 Å². The number of carbonyl (C=O) groups is 1. The second-order valence-electron chi connectivity index (χ2n) is 3.68. The first-order chi connectivity index (χ1) is 5.71. The SMILES string of the molecule is NC1(C2=CC(=O)CC=C2)CCC1. The quantitative estimate of drug-likeness (QED) is 0.633. The van der Waals surface area contributed by atoms with E-state index in [1.165, 1.54) is 6.42 Å². The lowest BCUT2D eigenvalue weighted by Gasteiger charge is -2.39. The van der Waals surface area contributed by atoms with Crippen LogP contribution in [0, 0.1) is 0 Å². The van der Waals surface area contributed by atoms with Crippen LogP contribution >= 0.6 is 0 Å². The Morgan fingerprint density at radius 2 is 2.17 bits per heavy atom. The molecule has 2 rings (SSSR count). The Kier molecular flexibility index (Phi) is 1.65. The third-order valence-electron chi connectivity index (χ3n) is 2.75. The van der Waals surface area contributed by atoms with Gasteiger partial charge in [-0.2, -0.15) is 0 Å². The first-order valence-corrected chi connectivity index (χ1v) is 4.41. The van der Waals surface area contributed by atoms with E-state index < -0.39 is 0 Å². The van der Waals surface area contributed by atoms with E-state index in [0.29, 0.717) is 6.42 Å². The molecular weight excluding hydrogens is 150 g/mol. The molecule has 0 atom stereocenters. The van der Waals surface area contributed by atoms with Gasteiger partial charge in [0.2, 0.25) is 0 Å². The van der Waals surface area contributed by atoms with Crippen LogP contribution in [0.15, 0.2) is 23.8 Å². The van der Waals surface area contributed by atoms with Gasteiger partial charge in [0, 0.05) is 12.0 Å². The van der Waals surface area contributed by atoms with Gasteiger partial charge in [-0.05, 0) is 30.9 Å². The molecule has 2 aliphatic carbocycles. The van der Waals surface area contributed by atoms with E-state index in [0.717, 1.165) is 18.4 Å². The van der Waals surface area contributed by atoms with Gasteiger partial charge in [-0.15, -0.1) is 0 Å². The molecule has 1 fully saturated rings. The van der Waals surface area contributed by atoms with Gasteiger partial charge in [-0.25, -0.2) is 0 Å². The Balaban J connectivity index is 2.22. The summed E-state index contributed by atoms with van der Waals surface area (Å²) in [6.07, 6.45) is 9.40. The fraction of sp³-hybridized carbons (Fsp3) is 0.500. The zero-order valence-corrected chi connectivity index (χ0v) is 7.05. The number of allylic oxidation sites excluding steroid dienone is 2. The summed E-state index contributed by atoms with van der Waals surface area (Å²) in [7, 11) is 0. The first kappa shape index (κ1) is 7.74. The Hall–Kier alpha value is -0.890. The Morgan fingerprint density at radius 1 is 1.42 bits per heavy atom. The second kappa shape index (κ2) is 2.56. The van der Waals surface area contributed by atoms with E-state index in [9.17, 15) is 4.79 Å². The van der Waals surface area contributed by atoms with Crippen molar-refractivity contribution in [3.05, 3.63) is 23.8 Å². The largest absolute Gasteiger partial charge is 0.321 e. The molecule has 2 nitrogen and oxygen atoms in total. The van der Waals surface area contributed by atoms with Crippen LogP contribution in [0.3, 0.4) is 0 Å². The van der Waals surface area contributed by atoms with Crippen molar-refractivity contribution in [3.63, 3.8) is 0 Å². The van der Waals surface area contributed by atoms with Crippen LogP contribution < -0.4 is 5.73 Å². The number of hydrogen-bond donors (Lipinski definition) is 1. The van der Waals surface area contributed by atoms with E-state index in [4.69, 9.17) is 5.73 Å². The van der Waals surface area contributed by atoms with Gasteiger partial charge in [-0.1, -0.05) is 12.2 Å². The van der Waals surface area contributed by atoms with E-state index in [2.05, 4.69) is 0 Å². The summed E-state index contributed by atoms with van der Waals surface area (Å²) in [5, 5.41) is 0. The molecule has 1 saturated carbocycles. The maximum absolute atomic E-state index is 11.1. The van der Waals surface area contributed by atoms with Gasteiger partial charge in [0.15, 0.2) is 5.78 Å². The van der Waals surface area contributed by atoms with Crippen molar-refractivity contribution in [3.8, 4) is 0 Å². The molecule has 0 aromatic carbocycles. The Labute approximate surface area is 72.1 Å². The number of hydrogen-bond acceptors (Lipinski definition) is 2. The lowest BCUT2D eigenvalue weighted by molar-refractivity contribution is -0.114. The molecule has 64 valence electrons. The number of rotatable bonds is 1. The molecule has 0 saturated heterocycles. The van der Waals surface area contributed by atoms with Gasteiger partial charge in [-0.3, -0.25) is 4.79 Å². The van der Waals surface area contributed by atoms with E-state index in [1.807, 2.05) is 12.2 Å². The lowest BCUT2D eigenvalue weighted by Crippen LogP contribution is -2.48. The fourth-order valence-electron chi connectivity index (χ4n) is 1.74. The van der Waals surface area contributed by atoms with Gasteiger partial charge >= 0.3 is 0 Å². The normalized spacial score (nSPS) is 26.4. The van der Waals surface area contributed by atoms with Crippen molar-refractivity contribution in [2.45, 2.75) is 31.2 Å². The summed E-state index contributed by atoms with van der Waals surface area (Å²) in [6, 6.07) is 0. The Bertz CT molecular complexity index is 272. The standard InChI is InChI=1S/C10H13NO/c11-10(5-2-6-10)8-3-1-4-9(12)7-8/h1,3,7H,2,4-6,11H2. The maximum Gasteiger partial charge on any atom is 0.159 e. The highest BCUT2D eigenvalue weighted by Gasteiger charge is 2.35. The number of nitrogens with two attached hydrogens (primary N) is 1. The van der Waals surface area contributed by atoms with Crippen molar-refractivity contribution in [1.82, 2.24) is 0 Å². The second-order valence-corrected chi connectivity index (χ2v) is 3.68. The molecule has 0 unspecified atom stereocenters. The summed E-state index contributed by atoms with van der Waals surface area (Å²) >= 11 is 0. The Morgan fingerprint density at radius 3 is 2.67 bits per heavy atom. The smallest absolute Gasteiger partial charge is 0.159 e. The van der Waals surface area contributed by atoms with Gasteiger partial charge in [0.25, 0.3) is 0 Å². The topological polar surface area (TPSA) is 43.1 Å². The molecule has 0 aliphatic heterocycles. The van der Waals surface area contributed by atoms with Crippen molar-refractivity contribution in [1.29, 1.82) is 0 Å². The lowest BCUT2D eigenvalue weighted by atomic mass is 9.71. The van der Waals surface area contributed by atoms with E-state index >= 15 is 0 Å². The summed E-state index contributed by atoms with van der Waals surface area (Å²) < 4.78 is 0. The summed E-state index contributed by atoms with van der Waals surface area (Å²) in [4.78, 5) is 11.1. The van der Waals surface area contributed by atoms with E-state index in [1.54, 1.807) is 6.08 Å². The molecular formula is C10H13NO. The monoisotopic (exact) mass is 163 g/mol. The summed E-state index contributed by atoms with van der Waals surface area (Å²) in [5.41, 5.74) is 6.93. The van der Waals surface area contributed by atoms with Crippen LogP contribution in [0.2, 0.25) is 0 Å². The molecule has 12 heavy (non-hydrogen) atoms. The summed E-state index contributed by atoms with van der Waals surface area (Å²) in [6.45, 7) is 0. The molecule has 0 bridgehead atoms. The molecule has 2 aliphatic rings. The van der Waals surface area contributed by atoms with Crippen LogP contribution in [0.1, 0.15) is 25.7 Å². The third-order valence-corrected chi connectivity index (χ3v) is 2.75. The minimum Gasteiger partial charge on any atom is -0.321 e. The van der Waals surface area contributed by atoms with Crippen LogP contribution in [-0.2, 0) is 4.79 Å². The van der Waals surface area contributed by atoms with Gasteiger partial charge in [0.05, 0.1) is 0 Å². The summed E-state index contributed by atoms with van der Waals surface area (Å²) in [5.74, 6) is 0.184. The highest BCUT2D eigenvalue weighted by atomic mass is 16.1. The molecule has 0 amide bonds. The number of ketones is 1. The minimum atomic E-state index is -0.174. The zero-order chi connectivity index (χ0) is 8.60.